The molecule has 0 aromatic heterocycles. The third-order valence-corrected chi connectivity index (χ3v) is 8.06. The van der Waals surface area contributed by atoms with Crippen LogP contribution in [0.1, 0.15) is 99.3 Å². The minimum atomic E-state index is -0.812. The molecule has 28 heavy (non-hydrogen) atoms. The number of nitrogens with zero attached hydrogens (tertiary/aromatic N) is 2. The van der Waals surface area contributed by atoms with E-state index in [4.69, 9.17) is 27.1 Å². The van der Waals surface area contributed by atoms with Crippen molar-refractivity contribution in [2.24, 2.45) is 17.5 Å². The van der Waals surface area contributed by atoms with E-state index in [2.05, 4.69) is 39.1 Å². The van der Waals surface area contributed by atoms with Crippen molar-refractivity contribution in [2.75, 3.05) is 7.11 Å². The monoisotopic (exact) mass is 516 g/mol. The van der Waals surface area contributed by atoms with E-state index in [1.807, 2.05) is 10.1 Å². The number of hydrogen-bond donors (Lipinski definition) is 3. The zero-order valence-corrected chi connectivity index (χ0v) is 21.5. The van der Waals surface area contributed by atoms with Gasteiger partial charge >= 0.3 is 0 Å². The van der Waals surface area contributed by atoms with Crippen molar-refractivity contribution in [3.05, 3.63) is 0 Å². The van der Waals surface area contributed by atoms with Crippen LogP contribution in [-0.4, -0.2) is 36.6 Å². The Balaban J connectivity index is 6.61. The first kappa shape index (κ1) is 28.3. The van der Waals surface area contributed by atoms with Crippen molar-refractivity contribution in [2.45, 2.75) is 116 Å². The molecule has 0 saturated carbocycles. The first-order chi connectivity index (χ1) is 13.1. The highest BCUT2D eigenvalue weighted by molar-refractivity contribution is 14.2. The SMILES string of the molecule is C=IN(N)C(CC)(CC)C(CCC)(CCC)O[N+](N)(N)C(CC)(CCC)OC. The fraction of sp³-hybridized carbons (Fsp3) is 0.950. The van der Waals surface area contributed by atoms with Gasteiger partial charge in [-0.15, -0.1) is 11.7 Å². The van der Waals surface area contributed by atoms with Gasteiger partial charge in [-0.25, -0.2) is 0 Å². The van der Waals surface area contributed by atoms with Crippen LogP contribution < -0.4 is 17.5 Å². The molecule has 1 unspecified atom stereocenters. The van der Waals surface area contributed by atoms with Crippen LogP contribution in [0.3, 0.4) is 0 Å². The number of halogens is 1. The second-order valence-electron chi connectivity index (χ2n) is 7.72. The number of hydroxylamine groups is 1. The summed E-state index contributed by atoms with van der Waals surface area (Å²) in [5.41, 5.74) is -1.79. The Morgan fingerprint density at radius 3 is 1.64 bits per heavy atom. The molecule has 0 radical (unpaired) electrons. The maximum atomic E-state index is 6.81. The molecule has 0 fully saturated rings. The molecule has 8 heteroatoms. The van der Waals surface area contributed by atoms with Crippen molar-refractivity contribution >= 4 is 25.5 Å². The highest BCUT2D eigenvalue weighted by atomic mass is 127. The van der Waals surface area contributed by atoms with E-state index in [0.29, 0.717) is 12.8 Å². The Hall–Kier alpha value is 0.320. The third-order valence-electron chi connectivity index (χ3n) is 6.40. The van der Waals surface area contributed by atoms with Crippen LogP contribution in [0.4, 0.5) is 0 Å². The fourth-order valence-electron chi connectivity index (χ4n) is 4.83. The van der Waals surface area contributed by atoms with Crippen LogP contribution in [-0.2, 0) is 9.57 Å². The van der Waals surface area contributed by atoms with Crippen LogP contribution >= 0.6 is 21.0 Å². The molecule has 0 aromatic rings. The molecule has 0 saturated heterocycles. The number of methoxy groups -OCH3 is 1. The molecule has 0 spiro atoms. The summed E-state index contributed by atoms with van der Waals surface area (Å²) in [6, 6.07) is 0. The molecule has 0 aliphatic carbocycles. The van der Waals surface area contributed by atoms with Crippen LogP contribution in [0.15, 0.2) is 0 Å². The second-order valence-corrected chi connectivity index (χ2v) is 9.44. The lowest BCUT2D eigenvalue weighted by atomic mass is 9.71. The van der Waals surface area contributed by atoms with Gasteiger partial charge in [0.15, 0.2) is 5.60 Å². The highest BCUT2D eigenvalue weighted by Gasteiger charge is 2.61. The van der Waals surface area contributed by atoms with Gasteiger partial charge in [-0.1, -0.05) is 58.9 Å². The summed E-state index contributed by atoms with van der Waals surface area (Å²) in [6.45, 7) is 12.8. The molecule has 0 aromatic carbocycles. The number of nitrogens with two attached hydrogens (primary N) is 3. The summed E-state index contributed by atoms with van der Waals surface area (Å²) >= 11 is -0.571. The maximum Gasteiger partial charge on any atom is 0.270 e. The number of ether oxygens (including phenoxy) is 1. The predicted molar refractivity (Wildman–Crippen MR) is 128 cm³/mol. The minimum Gasteiger partial charge on any atom is -0.325 e. The number of quaternary nitrogens is 1. The Labute approximate surface area is 183 Å². The molecule has 0 heterocycles. The molecule has 170 valence electrons. The van der Waals surface area contributed by atoms with Gasteiger partial charge < -0.3 is 4.74 Å². The molecule has 0 aliphatic rings. The zero-order valence-electron chi connectivity index (χ0n) is 19.4. The summed E-state index contributed by atoms with van der Waals surface area (Å²) in [6.07, 6.45) is 7.49. The number of hydrazine groups is 1. The van der Waals surface area contributed by atoms with E-state index >= 15 is 0 Å². The topological polar surface area (TPSA) is 99.8 Å². The van der Waals surface area contributed by atoms with Gasteiger partial charge in [0.2, 0.25) is 0 Å². The highest BCUT2D eigenvalue weighted by Crippen LogP contribution is 2.47. The van der Waals surface area contributed by atoms with Crippen molar-refractivity contribution < 1.29 is 14.4 Å². The minimum absolute atomic E-state index is 0.379. The first-order valence-corrected chi connectivity index (χ1v) is 13.3. The van der Waals surface area contributed by atoms with Gasteiger partial charge in [0.1, 0.15) is 0 Å². The lowest BCUT2D eigenvalue weighted by molar-refractivity contribution is -1.19. The summed E-state index contributed by atoms with van der Waals surface area (Å²) in [5.74, 6) is 20.0. The smallest absolute Gasteiger partial charge is 0.270 e. The average Bonchev–Trinajstić information content (AvgIpc) is 2.67. The first-order valence-electron chi connectivity index (χ1n) is 10.8. The third kappa shape index (κ3) is 5.32. The summed E-state index contributed by atoms with van der Waals surface area (Å²) in [4.78, 5) is 6.20. The Morgan fingerprint density at radius 1 is 0.893 bits per heavy atom. The summed E-state index contributed by atoms with van der Waals surface area (Å²) < 4.78 is 12.0. The second kappa shape index (κ2) is 12.2. The van der Waals surface area contributed by atoms with Crippen LogP contribution in [0.25, 0.3) is 0 Å². The molecular weight excluding hydrogens is 469 g/mol. The average molecular weight is 517 g/mol. The Morgan fingerprint density at radius 2 is 1.36 bits per heavy atom. The van der Waals surface area contributed by atoms with Gasteiger partial charge in [0, 0.05) is 20.0 Å². The lowest BCUT2D eigenvalue weighted by Crippen LogP contribution is -2.79. The molecule has 0 bridgehead atoms. The van der Waals surface area contributed by atoms with E-state index in [0.717, 1.165) is 44.9 Å². The van der Waals surface area contributed by atoms with Crippen LogP contribution in [0.5, 0.6) is 0 Å². The largest absolute Gasteiger partial charge is 0.325 e. The van der Waals surface area contributed by atoms with Crippen LogP contribution in [0.2, 0.25) is 0 Å². The number of hydrogen-bond acceptors (Lipinski definition) is 6. The van der Waals surface area contributed by atoms with E-state index in [9.17, 15) is 0 Å². The zero-order chi connectivity index (χ0) is 22.1. The molecule has 0 aliphatic heterocycles. The van der Waals surface area contributed by atoms with E-state index in [1.54, 1.807) is 7.11 Å². The standard InChI is InChI=1S/C20H47IN5O2/c1-9-15-19(16-10-2,18(12-4,13-5)25(22)21-7)28-26(23,24)20(14-6,27-8)17-11-3/h7,9-17,22-24H2,1-6,8H3/q+1. The van der Waals surface area contributed by atoms with E-state index in [-0.39, 0.29) is 5.54 Å². The Bertz CT molecular complexity index is 448. The molecular formula is C20H47IN5O2+. The Kier molecular flexibility index (Phi) is 12.4. The molecule has 7 nitrogen and oxygen atoms in total. The lowest BCUT2D eigenvalue weighted by Gasteiger charge is -2.54. The summed E-state index contributed by atoms with van der Waals surface area (Å²) in [7, 11) is 1.67. The maximum absolute atomic E-state index is 6.81. The van der Waals surface area contributed by atoms with Crippen molar-refractivity contribution in [3.8, 4) is 0 Å². The molecule has 0 rings (SSSR count). The van der Waals surface area contributed by atoms with Gasteiger partial charge in [0.05, 0.1) is 5.54 Å². The van der Waals surface area contributed by atoms with Gasteiger partial charge in [0.25, 0.3) is 5.72 Å². The van der Waals surface area contributed by atoms with E-state index < -0.39 is 37.2 Å². The van der Waals surface area contributed by atoms with Gasteiger partial charge in [-0.2, -0.15) is 8.06 Å². The predicted octanol–water partition coefficient (Wildman–Crippen LogP) is 4.43. The molecule has 0 amide bonds. The van der Waals surface area contributed by atoms with E-state index in [1.165, 1.54) is 0 Å². The van der Waals surface area contributed by atoms with Crippen molar-refractivity contribution in [3.63, 3.8) is 0 Å². The number of rotatable bonds is 16. The quantitative estimate of drug-likeness (QED) is 0.0701. The van der Waals surface area contributed by atoms with Crippen molar-refractivity contribution in [1.29, 1.82) is 0 Å². The molecule has 1 atom stereocenters. The summed E-state index contributed by atoms with van der Waals surface area (Å²) in [5, 5.41) is 0. The van der Waals surface area contributed by atoms with Gasteiger partial charge in [-0.3, -0.25) is 5.84 Å². The molecule has 6 N–H and O–H groups in total. The van der Waals surface area contributed by atoms with Crippen molar-refractivity contribution in [1.82, 2.24) is 3.22 Å². The van der Waals surface area contributed by atoms with Crippen LogP contribution in [0, 0.1) is 0 Å². The van der Waals surface area contributed by atoms with Gasteiger partial charge in [-0.05, 0) is 58.0 Å². The normalized spacial score (nSPS) is 15.8. The fourth-order valence-corrected chi connectivity index (χ4v) is 6.61.